The minimum atomic E-state index is -0.217. The lowest BCUT2D eigenvalue weighted by Gasteiger charge is -2.06. The van der Waals surface area contributed by atoms with E-state index in [-0.39, 0.29) is 11.6 Å². The van der Waals surface area contributed by atoms with Gasteiger partial charge in [-0.25, -0.2) is 0 Å². The molecule has 57 valence electrons. The molecule has 1 aliphatic rings. The molecular weight excluding hydrogens is 152 g/mol. The number of rotatable bonds is 0. The van der Waals surface area contributed by atoms with Gasteiger partial charge in [0, 0.05) is 17.2 Å². The van der Waals surface area contributed by atoms with Crippen LogP contribution < -0.4 is 0 Å². The monoisotopic (exact) mass is 157 g/mol. The second kappa shape index (κ2) is 2.41. The third kappa shape index (κ3) is 0.889. The molecule has 12 heavy (non-hydrogen) atoms. The van der Waals surface area contributed by atoms with Gasteiger partial charge in [-0.1, -0.05) is 24.3 Å². The van der Waals surface area contributed by atoms with E-state index < -0.39 is 0 Å². The molecule has 1 aromatic rings. The molecular formula is C10H5O2. The van der Waals surface area contributed by atoms with Gasteiger partial charge in [-0.2, -0.15) is 0 Å². The second-order valence-electron chi connectivity index (χ2n) is 2.53. The van der Waals surface area contributed by atoms with Crippen molar-refractivity contribution in [3.05, 3.63) is 47.5 Å². The third-order valence-corrected chi connectivity index (χ3v) is 1.77. The van der Waals surface area contributed by atoms with Gasteiger partial charge < -0.3 is 0 Å². The summed E-state index contributed by atoms with van der Waals surface area (Å²) >= 11 is 0. The predicted molar refractivity (Wildman–Crippen MR) is 42.9 cm³/mol. The van der Waals surface area contributed by atoms with Crippen LogP contribution >= 0.6 is 0 Å². The summed E-state index contributed by atoms with van der Waals surface area (Å²) in [4.78, 5) is 22.3. The lowest BCUT2D eigenvalue weighted by Crippen LogP contribution is -2.11. The molecule has 0 amide bonds. The summed E-state index contributed by atoms with van der Waals surface area (Å²) in [6.45, 7) is 0. The Balaban J connectivity index is 2.69. The molecule has 2 heteroatoms. The maximum absolute atomic E-state index is 11.2. The van der Waals surface area contributed by atoms with E-state index in [1.807, 2.05) is 0 Å². The number of carbonyl (C=O) groups is 2. The smallest absolute Gasteiger partial charge is 0.194 e. The van der Waals surface area contributed by atoms with Gasteiger partial charge in [0.05, 0.1) is 0 Å². The summed E-state index contributed by atoms with van der Waals surface area (Å²) in [7, 11) is 0. The molecule has 0 heterocycles. The first-order valence-electron chi connectivity index (χ1n) is 3.56. The number of hydrogen-bond donors (Lipinski definition) is 0. The predicted octanol–water partition coefficient (Wildman–Crippen LogP) is 1.42. The van der Waals surface area contributed by atoms with Crippen LogP contribution in [-0.2, 0) is 0 Å². The minimum absolute atomic E-state index is 0.148. The average Bonchev–Trinajstić information content (AvgIpc) is 2.12. The Morgan fingerprint density at radius 2 is 1.67 bits per heavy atom. The highest BCUT2D eigenvalue weighted by Gasteiger charge is 2.17. The molecule has 0 fully saturated rings. The number of ketones is 2. The molecule has 0 saturated carbocycles. The second-order valence-corrected chi connectivity index (χ2v) is 2.53. The fourth-order valence-electron chi connectivity index (χ4n) is 1.18. The van der Waals surface area contributed by atoms with E-state index in [1.165, 1.54) is 6.08 Å². The Bertz CT molecular complexity index is 352. The number of benzene rings is 1. The zero-order valence-electron chi connectivity index (χ0n) is 6.20. The minimum Gasteiger partial charge on any atom is -0.289 e. The van der Waals surface area contributed by atoms with Gasteiger partial charge in [0.1, 0.15) is 0 Å². The highest BCUT2D eigenvalue weighted by molar-refractivity contribution is 6.20. The standard InChI is InChI=1S/C10H5O2/c11-9-5-6-10(12)8-4-2-1-3-7(8)9/h1-5H. The number of Topliss-reactive ketones (excluding diaryl/α,β-unsaturated/α-hetero) is 1. The molecule has 0 spiro atoms. The van der Waals surface area contributed by atoms with Crippen LogP contribution in [0.5, 0.6) is 0 Å². The first kappa shape index (κ1) is 6.98. The van der Waals surface area contributed by atoms with E-state index in [4.69, 9.17) is 0 Å². The molecule has 0 bridgehead atoms. The zero-order valence-corrected chi connectivity index (χ0v) is 6.20. The molecule has 2 nitrogen and oxygen atoms in total. The van der Waals surface area contributed by atoms with Crippen LogP contribution in [-0.4, -0.2) is 11.6 Å². The summed E-state index contributed by atoms with van der Waals surface area (Å²) in [6, 6.07) is 6.75. The normalized spacial score (nSPS) is 14.7. The Hall–Kier alpha value is -1.70. The van der Waals surface area contributed by atoms with Gasteiger partial charge in [-0.15, -0.1) is 0 Å². The van der Waals surface area contributed by atoms with Gasteiger partial charge in [0.25, 0.3) is 0 Å². The maximum atomic E-state index is 11.2. The van der Waals surface area contributed by atoms with Crippen molar-refractivity contribution in [2.75, 3.05) is 0 Å². The van der Waals surface area contributed by atoms with Crippen molar-refractivity contribution >= 4 is 11.6 Å². The van der Waals surface area contributed by atoms with Crippen LogP contribution in [0.2, 0.25) is 0 Å². The quantitative estimate of drug-likeness (QED) is 0.570. The Morgan fingerprint density at radius 3 is 2.33 bits per heavy atom. The van der Waals surface area contributed by atoms with Crippen LogP contribution in [0.25, 0.3) is 0 Å². The SMILES string of the molecule is O=C1[C]=CC(=O)c2ccccc21. The van der Waals surface area contributed by atoms with Crippen molar-refractivity contribution in [3.63, 3.8) is 0 Å². The van der Waals surface area contributed by atoms with Crippen LogP contribution in [0.3, 0.4) is 0 Å². The summed E-state index contributed by atoms with van der Waals surface area (Å²) in [5.41, 5.74) is 0.922. The van der Waals surface area contributed by atoms with Crippen LogP contribution in [0.4, 0.5) is 0 Å². The van der Waals surface area contributed by atoms with Crippen LogP contribution in [0.15, 0.2) is 30.3 Å². The van der Waals surface area contributed by atoms with Crippen LogP contribution in [0.1, 0.15) is 20.7 Å². The lowest BCUT2D eigenvalue weighted by molar-refractivity contribution is 0.0988. The van der Waals surface area contributed by atoms with Crippen molar-refractivity contribution in [1.29, 1.82) is 0 Å². The highest BCUT2D eigenvalue weighted by atomic mass is 16.1. The van der Waals surface area contributed by atoms with E-state index >= 15 is 0 Å². The van der Waals surface area contributed by atoms with E-state index in [1.54, 1.807) is 24.3 Å². The maximum Gasteiger partial charge on any atom is 0.194 e. The van der Waals surface area contributed by atoms with Gasteiger partial charge in [0.15, 0.2) is 11.6 Å². The Kier molecular flexibility index (Phi) is 1.40. The molecule has 0 aromatic heterocycles. The molecule has 0 N–H and O–H groups in total. The van der Waals surface area contributed by atoms with Crippen molar-refractivity contribution < 1.29 is 9.59 Å². The molecule has 1 aliphatic carbocycles. The van der Waals surface area contributed by atoms with E-state index in [2.05, 4.69) is 6.08 Å². The summed E-state index contributed by atoms with van der Waals surface area (Å²) < 4.78 is 0. The first-order chi connectivity index (χ1) is 5.79. The van der Waals surface area contributed by atoms with E-state index in [9.17, 15) is 9.59 Å². The topological polar surface area (TPSA) is 34.1 Å². The number of hydrogen-bond acceptors (Lipinski definition) is 2. The van der Waals surface area contributed by atoms with Crippen molar-refractivity contribution in [2.24, 2.45) is 0 Å². The van der Waals surface area contributed by atoms with Crippen LogP contribution in [0, 0.1) is 6.08 Å². The van der Waals surface area contributed by atoms with Gasteiger partial charge in [-0.3, -0.25) is 9.59 Å². The van der Waals surface area contributed by atoms with E-state index in [0.717, 1.165) is 0 Å². The molecule has 0 unspecified atom stereocenters. The largest absolute Gasteiger partial charge is 0.289 e. The highest BCUT2D eigenvalue weighted by Crippen LogP contribution is 2.14. The molecule has 1 aromatic carbocycles. The molecule has 0 aliphatic heterocycles. The molecule has 0 atom stereocenters. The molecule has 2 rings (SSSR count). The van der Waals surface area contributed by atoms with Gasteiger partial charge in [0.2, 0.25) is 0 Å². The fourth-order valence-corrected chi connectivity index (χ4v) is 1.18. The first-order valence-corrected chi connectivity index (χ1v) is 3.56. The van der Waals surface area contributed by atoms with Gasteiger partial charge in [-0.05, 0) is 6.08 Å². The lowest BCUT2D eigenvalue weighted by atomic mass is 9.95. The van der Waals surface area contributed by atoms with E-state index in [0.29, 0.717) is 11.1 Å². The fraction of sp³-hybridized carbons (Fsp3) is 0. The summed E-state index contributed by atoms with van der Waals surface area (Å²) in [5, 5.41) is 0. The Morgan fingerprint density at radius 1 is 1.00 bits per heavy atom. The van der Waals surface area contributed by atoms with Crippen molar-refractivity contribution in [2.45, 2.75) is 0 Å². The third-order valence-electron chi connectivity index (χ3n) is 1.77. The summed E-state index contributed by atoms with van der Waals surface area (Å²) in [6.07, 6.45) is 3.56. The molecule has 1 radical (unpaired) electrons. The molecule has 0 saturated heterocycles. The average molecular weight is 157 g/mol. The summed E-state index contributed by atoms with van der Waals surface area (Å²) in [5.74, 6) is -0.365. The number of fused-ring (bicyclic) bond motifs is 1. The van der Waals surface area contributed by atoms with Crippen molar-refractivity contribution in [1.82, 2.24) is 0 Å². The zero-order chi connectivity index (χ0) is 8.55. The van der Waals surface area contributed by atoms with Gasteiger partial charge >= 0.3 is 0 Å². The Labute approximate surface area is 69.5 Å². The number of carbonyl (C=O) groups excluding carboxylic acids is 2. The number of allylic oxidation sites excluding steroid dienone is 2. The van der Waals surface area contributed by atoms with Crippen molar-refractivity contribution in [3.8, 4) is 0 Å².